The molecule has 1 fully saturated rings. The van der Waals surface area contributed by atoms with Crippen LogP contribution in [-0.4, -0.2) is 57.1 Å². The zero-order valence-electron chi connectivity index (χ0n) is 16.3. The van der Waals surface area contributed by atoms with Gasteiger partial charge in [0.25, 0.3) is 5.95 Å². The van der Waals surface area contributed by atoms with Crippen molar-refractivity contribution in [3.8, 4) is 17.2 Å². The lowest BCUT2D eigenvalue weighted by molar-refractivity contribution is 0.0665. The first kappa shape index (κ1) is 18.3. The van der Waals surface area contributed by atoms with E-state index in [-0.39, 0.29) is 5.76 Å². The van der Waals surface area contributed by atoms with Crippen molar-refractivity contribution in [3.63, 3.8) is 0 Å². The number of nitrogens with zero attached hydrogens (tertiary/aromatic N) is 5. The molecule has 3 aromatic heterocycles. The van der Waals surface area contributed by atoms with Gasteiger partial charge in [-0.05, 0) is 19.1 Å². The fraction of sp³-hybridized carbons (Fsp3) is 0.238. The third-order valence-electron chi connectivity index (χ3n) is 4.97. The Kier molecular flexibility index (Phi) is 4.44. The number of carbonyl (C=O) groups is 1. The summed E-state index contributed by atoms with van der Waals surface area (Å²) >= 11 is 0. The molecule has 0 unspecified atom stereocenters. The van der Waals surface area contributed by atoms with Crippen molar-refractivity contribution in [3.05, 3.63) is 53.9 Å². The van der Waals surface area contributed by atoms with E-state index in [1.165, 1.54) is 6.07 Å². The lowest BCUT2D eigenvalue weighted by Crippen LogP contribution is -2.37. The van der Waals surface area contributed by atoms with Crippen LogP contribution in [0.2, 0.25) is 0 Å². The molecule has 1 N–H and O–H groups in total. The number of benzene rings is 1. The second-order valence-electron chi connectivity index (χ2n) is 7.09. The van der Waals surface area contributed by atoms with Gasteiger partial charge in [-0.1, -0.05) is 23.8 Å². The number of anilines is 1. The lowest BCUT2D eigenvalue weighted by Gasteiger charge is -2.27. The predicted molar refractivity (Wildman–Crippen MR) is 109 cm³/mol. The summed E-state index contributed by atoms with van der Waals surface area (Å²) in [6.45, 7) is 4.41. The Morgan fingerprint density at radius 1 is 1.13 bits per heavy atom. The number of morpholine rings is 1. The van der Waals surface area contributed by atoms with Crippen LogP contribution in [0.4, 0.5) is 5.82 Å². The van der Waals surface area contributed by atoms with E-state index >= 15 is 0 Å². The van der Waals surface area contributed by atoms with Crippen LogP contribution in [-0.2, 0) is 4.74 Å². The smallest absolute Gasteiger partial charge is 0.371 e. The molecule has 0 bridgehead atoms. The average Bonchev–Trinajstić information content (AvgIpc) is 3.41. The van der Waals surface area contributed by atoms with Crippen molar-refractivity contribution in [1.82, 2.24) is 19.7 Å². The fourth-order valence-electron chi connectivity index (χ4n) is 3.49. The molecule has 1 aliphatic rings. The van der Waals surface area contributed by atoms with Gasteiger partial charge in [0.05, 0.1) is 18.9 Å². The molecule has 0 atom stereocenters. The molecule has 152 valence electrons. The maximum Gasteiger partial charge on any atom is 0.371 e. The number of furan rings is 1. The summed E-state index contributed by atoms with van der Waals surface area (Å²) in [5.74, 6) is -0.436. The maximum absolute atomic E-state index is 11.4. The molecule has 1 aromatic carbocycles. The van der Waals surface area contributed by atoms with E-state index in [0.29, 0.717) is 49.2 Å². The number of fused-ring (bicyclic) bond motifs is 1. The van der Waals surface area contributed by atoms with Gasteiger partial charge in [0.1, 0.15) is 5.52 Å². The Morgan fingerprint density at radius 2 is 1.97 bits per heavy atom. The van der Waals surface area contributed by atoms with Crippen LogP contribution in [0.3, 0.4) is 0 Å². The second-order valence-corrected chi connectivity index (χ2v) is 7.09. The summed E-state index contributed by atoms with van der Waals surface area (Å²) in [7, 11) is 0. The van der Waals surface area contributed by atoms with Gasteiger partial charge in [-0.3, -0.25) is 0 Å². The normalized spacial score (nSPS) is 14.4. The first-order valence-electron chi connectivity index (χ1n) is 9.59. The third kappa shape index (κ3) is 3.29. The van der Waals surface area contributed by atoms with Crippen molar-refractivity contribution in [2.24, 2.45) is 0 Å². The molecule has 0 aliphatic carbocycles. The highest BCUT2D eigenvalue weighted by Crippen LogP contribution is 2.29. The minimum absolute atomic E-state index is 0.174. The number of hydrogen-bond donors (Lipinski definition) is 1. The maximum atomic E-state index is 11.4. The summed E-state index contributed by atoms with van der Waals surface area (Å²) in [6.07, 6.45) is 1.79. The van der Waals surface area contributed by atoms with E-state index in [1.54, 1.807) is 10.9 Å². The summed E-state index contributed by atoms with van der Waals surface area (Å²) in [6, 6.07) is 11.4. The first-order chi connectivity index (χ1) is 14.6. The van der Waals surface area contributed by atoms with Gasteiger partial charge in [-0.15, -0.1) is 0 Å². The van der Waals surface area contributed by atoms with Gasteiger partial charge in [-0.25, -0.2) is 14.5 Å². The van der Waals surface area contributed by atoms with E-state index in [4.69, 9.17) is 9.15 Å². The van der Waals surface area contributed by atoms with Crippen molar-refractivity contribution >= 4 is 22.9 Å². The van der Waals surface area contributed by atoms with Gasteiger partial charge in [0.15, 0.2) is 11.4 Å². The number of aryl methyl sites for hydroxylation is 1. The largest absolute Gasteiger partial charge is 0.475 e. The molecule has 4 aromatic rings. The van der Waals surface area contributed by atoms with Crippen molar-refractivity contribution in [1.29, 1.82) is 0 Å². The van der Waals surface area contributed by atoms with Gasteiger partial charge in [0.2, 0.25) is 5.76 Å². The van der Waals surface area contributed by atoms with E-state index < -0.39 is 5.97 Å². The molecule has 0 spiro atoms. The van der Waals surface area contributed by atoms with Crippen molar-refractivity contribution in [2.45, 2.75) is 6.92 Å². The number of carboxylic acids is 1. The Balaban J connectivity index is 1.61. The summed E-state index contributed by atoms with van der Waals surface area (Å²) in [5.41, 5.74) is 3.72. The number of carboxylic acid groups (broad SMARTS) is 1. The quantitative estimate of drug-likeness (QED) is 0.552. The SMILES string of the molecule is Cc1cccc(-c2ccn(-c3nc(N4CCOCC4)c4oc(C(=O)O)cc4n3)n2)c1. The molecule has 0 radical (unpaired) electrons. The van der Waals surface area contributed by atoms with Gasteiger partial charge >= 0.3 is 5.97 Å². The highest BCUT2D eigenvalue weighted by Gasteiger charge is 2.23. The molecule has 1 saturated heterocycles. The lowest BCUT2D eigenvalue weighted by atomic mass is 10.1. The van der Waals surface area contributed by atoms with Crippen LogP contribution >= 0.6 is 0 Å². The van der Waals surface area contributed by atoms with Gasteiger partial charge in [0, 0.05) is 30.9 Å². The molecular formula is C21H19N5O4. The monoisotopic (exact) mass is 405 g/mol. The first-order valence-corrected chi connectivity index (χ1v) is 9.59. The molecule has 1 aliphatic heterocycles. The summed E-state index contributed by atoms with van der Waals surface area (Å²) < 4.78 is 12.6. The minimum atomic E-state index is -1.15. The minimum Gasteiger partial charge on any atom is -0.475 e. The molecular weight excluding hydrogens is 386 g/mol. The fourth-order valence-corrected chi connectivity index (χ4v) is 3.49. The summed E-state index contributed by atoms with van der Waals surface area (Å²) in [5, 5.41) is 14.0. The molecule has 0 saturated carbocycles. The van der Waals surface area contributed by atoms with E-state index in [0.717, 1.165) is 16.8 Å². The molecule has 5 rings (SSSR count). The number of aromatic nitrogens is 4. The van der Waals surface area contributed by atoms with Crippen molar-refractivity contribution in [2.75, 3.05) is 31.2 Å². The van der Waals surface area contributed by atoms with Gasteiger partial charge < -0.3 is 19.2 Å². The molecule has 9 heteroatoms. The molecule has 0 amide bonds. The number of aromatic carboxylic acids is 1. The van der Waals surface area contributed by atoms with Crippen LogP contribution in [0.1, 0.15) is 16.1 Å². The van der Waals surface area contributed by atoms with E-state index in [2.05, 4.69) is 21.1 Å². The van der Waals surface area contributed by atoms with Crippen molar-refractivity contribution < 1.29 is 19.1 Å². The average molecular weight is 405 g/mol. The van der Waals surface area contributed by atoms with Crippen LogP contribution < -0.4 is 4.90 Å². The standard InChI is InChI=1S/C21H19N5O4/c1-13-3-2-4-14(11-13)15-5-6-26(24-15)21-22-16-12-17(20(27)28)30-18(16)19(23-21)25-7-9-29-10-8-25/h2-6,11-12H,7-10H2,1H3,(H,27,28). The van der Waals surface area contributed by atoms with E-state index in [9.17, 15) is 9.90 Å². The number of rotatable bonds is 4. The van der Waals surface area contributed by atoms with Crippen LogP contribution in [0.15, 0.2) is 47.0 Å². The van der Waals surface area contributed by atoms with Crippen LogP contribution in [0.25, 0.3) is 28.3 Å². The zero-order chi connectivity index (χ0) is 20.7. The van der Waals surface area contributed by atoms with E-state index in [1.807, 2.05) is 36.1 Å². The Labute approximate surface area is 171 Å². The number of ether oxygens (including phenoxy) is 1. The third-order valence-corrected chi connectivity index (χ3v) is 4.97. The Hall–Kier alpha value is -3.72. The molecule has 4 heterocycles. The Morgan fingerprint density at radius 3 is 2.73 bits per heavy atom. The highest BCUT2D eigenvalue weighted by atomic mass is 16.5. The zero-order valence-corrected chi connectivity index (χ0v) is 16.3. The molecule has 30 heavy (non-hydrogen) atoms. The van der Waals surface area contributed by atoms with Gasteiger partial charge in [-0.2, -0.15) is 10.1 Å². The second kappa shape index (κ2) is 7.27. The number of hydrogen-bond acceptors (Lipinski definition) is 7. The predicted octanol–water partition coefficient (Wildman–Crippen LogP) is 2.92. The van der Waals surface area contributed by atoms with Crippen LogP contribution in [0, 0.1) is 6.92 Å². The highest BCUT2D eigenvalue weighted by molar-refractivity contribution is 5.93. The molecule has 9 nitrogen and oxygen atoms in total. The van der Waals surface area contributed by atoms with Crippen LogP contribution in [0.5, 0.6) is 0 Å². The topological polar surface area (TPSA) is 107 Å². The Bertz CT molecular complexity index is 1240. The summed E-state index contributed by atoms with van der Waals surface area (Å²) in [4.78, 5) is 22.6.